The van der Waals surface area contributed by atoms with Gasteiger partial charge in [-0.3, -0.25) is 4.79 Å². The van der Waals surface area contributed by atoms with Crippen LogP contribution in [0.3, 0.4) is 0 Å². The number of aromatic nitrogens is 1. The number of nitrogens with one attached hydrogen (secondary N) is 1. The molecule has 0 aliphatic carbocycles. The Balaban J connectivity index is 1.27. The van der Waals surface area contributed by atoms with Crippen LogP contribution in [-0.2, 0) is 6.54 Å². The van der Waals surface area contributed by atoms with Gasteiger partial charge in [0.05, 0.1) is 6.20 Å². The molecule has 5 rings (SSSR count). The SMILES string of the molecule is O=C(NCc1ccc2c(c1)OCO2)c1cnc(-c2ccc3c(c2)OCO3)s1. The monoisotopic (exact) mass is 382 g/mol. The van der Waals surface area contributed by atoms with E-state index < -0.39 is 0 Å². The molecule has 0 radical (unpaired) electrons. The van der Waals surface area contributed by atoms with Crippen molar-refractivity contribution in [1.82, 2.24) is 10.3 Å². The average Bonchev–Trinajstić information content (AvgIpc) is 3.45. The molecule has 1 amide bonds. The Labute approximate surface area is 158 Å². The van der Waals surface area contributed by atoms with E-state index in [2.05, 4.69) is 10.3 Å². The summed E-state index contributed by atoms with van der Waals surface area (Å²) in [6.07, 6.45) is 1.58. The molecule has 0 bridgehead atoms. The minimum Gasteiger partial charge on any atom is -0.454 e. The van der Waals surface area contributed by atoms with E-state index in [1.807, 2.05) is 36.4 Å². The number of rotatable bonds is 4. The predicted molar refractivity (Wildman–Crippen MR) is 97.4 cm³/mol. The van der Waals surface area contributed by atoms with Crippen molar-refractivity contribution in [2.75, 3.05) is 13.6 Å². The minimum atomic E-state index is -0.169. The van der Waals surface area contributed by atoms with Gasteiger partial charge in [0.2, 0.25) is 13.6 Å². The summed E-state index contributed by atoms with van der Waals surface area (Å²) in [6, 6.07) is 11.2. The average molecular weight is 382 g/mol. The molecule has 0 saturated carbocycles. The zero-order valence-corrected chi connectivity index (χ0v) is 14.9. The van der Waals surface area contributed by atoms with Gasteiger partial charge in [0.15, 0.2) is 23.0 Å². The number of hydrogen-bond donors (Lipinski definition) is 1. The highest BCUT2D eigenvalue weighted by Gasteiger charge is 2.17. The Morgan fingerprint density at radius 1 is 0.963 bits per heavy atom. The maximum absolute atomic E-state index is 12.4. The Morgan fingerprint density at radius 3 is 2.48 bits per heavy atom. The molecule has 2 aliphatic rings. The fourth-order valence-corrected chi connectivity index (χ4v) is 3.69. The molecule has 27 heavy (non-hydrogen) atoms. The number of benzene rings is 2. The van der Waals surface area contributed by atoms with Crippen LogP contribution in [0, 0.1) is 0 Å². The van der Waals surface area contributed by atoms with Gasteiger partial charge in [0, 0.05) is 12.1 Å². The molecule has 0 atom stereocenters. The summed E-state index contributed by atoms with van der Waals surface area (Å²) in [5, 5.41) is 3.65. The molecular weight excluding hydrogens is 368 g/mol. The van der Waals surface area contributed by atoms with E-state index >= 15 is 0 Å². The molecule has 0 fully saturated rings. The summed E-state index contributed by atoms with van der Waals surface area (Å²) in [6.45, 7) is 0.853. The summed E-state index contributed by atoms with van der Waals surface area (Å²) >= 11 is 1.33. The van der Waals surface area contributed by atoms with E-state index in [-0.39, 0.29) is 19.5 Å². The smallest absolute Gasteiger partial charge is 0.263 e. The van der Waals surface area contributed by atoms with Crippen LogP contribution in [0.2, 0.25) is 0 Å². The first-order valence-electron chi connectivity index (χ1n) is 8.29. The Bertz CT molecular complexity index is 1030. The van der Waals surface area contributed by atoms with Crippen LogP contribution in [0.25, 0.3) is 10.6 Å². The third-order valence-electron chi connectivity index (χ3n) is 4.24. The van der Waals surface area contributed by atoms with E-state index in [1.54, 1.807) is 6.20 Å². The molecule has 1 aromatic heterocycles. The first-order valence-corrected chi connectivity index (χ1v) is 9.10. The highest BCUT2D eigenvalue weighted by molar-refractivity contribution is 7.16. The quantitative estimate of drug-likeness (QED) is 0.747. The summed E-state index contributed by atoms with van der Waals surface area (Å²) in [4.78, 5) is 17.3. The Morgan fingerprint density at radius 2 is 1.67 bits per heavy atom. The van der Waals surface area contributed by atoms with Gasteiger partial charge < -0.3 is 24.3 Å². The standard InChI is InChI=1S/C19H14N2O5S/c22-18(20-7-11-1-3-13-15(5-11)25-9-23-13)17-8-21-19(27-17)12-2-4-14-16(6-12)26-10-24-14/h1-6,8H,7,9-10H2,(H,20,22). The summed E-state index contributed by atoms with van der Waals surface area (Å²) in [5.74, 6) is 2.66. The van der Waals surface area contributed by atoms with Crippen LogP contribution in [-0.4, -0.2) is 24.5 Å². The predicted octanol–water partition coefficient (Wildman–Crippen LogP) is 3.20. The number of nitrogens with zero attached hydrogens (tertiary/aromatic N) is 1. The van der Waals surface area contributed by atoms with Crippen LogP contribution in [0.1, 0.15) is 15.2 Å². The normalized spacial score (nSPS) is 13.6. The second-order valence-electron chi connectivity index (χ2n) is 5.97. The van der Waals surface area contributed by atoms with E-state index in [9.17, 15) is 4.79 Å². The van der Waals surface area contributed by atoms with Gasteiger partial charge in [-0.05, 0) is 35.9 Å². The van der Waals surface area contributed by atoms with Gasteiger partial charge in [-0.15, -0.1) is 11.3 Å². The molecule has 3 heterocycles. The molecule has 2 aromatic carbocycles. The molecule has 136 valence electrons. The van der Waals surface area contributed by atoms with Crippen molar-refractivity contribution in [3.63, 3.8) is 0 Å². The molecule has 0 spiro atoms. The van der Waals surface area contributed by atoms with E-state index in [0.29, 0.717) is 22.9 Å². The molecule has 0 unspecified atom stereocenters. The van der Waals surface area contributed by atoms with Crippen molar-refractivity contribution < 1.29 is 23.7 Å². The third-order valence-corrected chi connectivity index (χ3v) is 5.28. The maximum Gasteiger partial charge on any atom is 0.263 e. The highest BCUT2D eigenvalue weighted by Crippen LogP contribution is 2.37. The number of ether oxygens (including phenoxy) is 4. The number of carbonyl (C=O) groups is 1. The van der Waals surface area contributed by atoms with Crippen molar-refractivity contribution >= 4 is 17.2 Å². The maximum atomic E-state index is 12.4. The number of carbonyl (C=O) groups excluding carboxylic acids is 1. The van der Waals surface area contributed by atoms with Crippen molar-refractivity contribution in [3.8, 4) is 33.6 Å². The second kappa shape index (κ2) is 6.48. The van der Waals surface area contributed by atoms with Crippen molar-refractivity contribution in [2.45, 2.75) is 6.54 Å². The van der Waals surface area contributed by atoms with Gasteiger partial charge in [-0.25, -0.2) is 4.98 Å². The molecule has 8 heteroatoms. The zero-order chi connectivity index (χ0) is 18.2. The van der Waals surface area contributed by atoms with Crippen LogP contribution >= 0.6 is 11.3 Å². The lowest BCUT2D eigenvalue weighted by Crippen LogP contribution is -2.21. The number of amides is 1. The Kier molecular flexibility index (Phi) is 3.83. The number of fused-ring (bicyclic) bond motifs is 2. The van der Waals surface area contributed by atoms with E-state index in [1.165, 1.54) is 11.3 Å². The van der Waals surface area contributed by atoms with Gasteiger partial charge >= 0.3 is 0 Å². The molecule has 2 aliphatic heterocycles. The molecule has 0 saturated heterocycles. The molecule has 7 nitrogen and oxygen atoms in total. The van der Waals surface area contributed by atoms with Gasteiger partial charge in [-0.2, -0.15) is 0 Å². The topological polar surface area (TPSA) is 78.9 Å². The van der Waals surface area contributed by atoms with Crippen molar-refractivity contribution in [2.24, 2.45) is 0 Å². The van der Waals surface area contributed by atoms with E-state index in [4.69, 9.17) is 18.9 Å². The minimum absolute atomic E-state index is 0.169. The van der Waals surface area contributed by atoms with Crippen LogP contribution < -0.4 is 24.3 Å². The number of thiazole rings is 1. The summed E-state index contributed by atoms with van der Waals surface area (Å²) in [5.41, 5.74) is 1.83. The lowest BCUT2D eigenvalue weighted by atomic mass is 10.2. The van der Waals surface area contributed by atoms with Crippen LogP contribution in [0.5, 0.6) is 23.0 Å². The lowest BCUT2D eigenvalue weighted by molar-refractivity contribution is 0.0954. The first-order chi connectivity index (χ1) is 13.3. The molecule has 1 N–H and O–H groups in total. The third kappa shape index (κ3) is 3.04. The molecular formula is C19H14N2O5S. The van der Waals surface area contributed by atoms with Crippen molar-refractivity contribution in [1.29, 1.82) is 0 Å². The van der Waals surface area contributed by atoms with Gasteiger partial charge in [0.1, 0.15) is 9.88 Å². The van der Waals surface area contributed by atoms with Gasteiger partial charge in [-0.1, -0.05) is 6.07 Å². The first kappa shape index (κ1) is 16.0. The zero-order valence-electron chi connectivity index (χ0n) is 14.1. The summed E-state index contributed by atoms with van der Waals surface area (Å²) in [7, 11) is 0. The van der Waals surface area contributed by atoms with Crippen LogP contribution in [0.15, 0.2) is 42.6 Å². The highest BCUT2D eigenvalue weighted by atomic mass is 32.1. The van der Waals surface area contributed by atoms with Crippen LogP contribution in [0.4, 0.5) is 0 Å². The molecule has 3 aromatic rings. The largest absolute Gasteiger partial charge is 0.454 e. The second-order valence-corrected chi connectivity index (χ2v) is 7.00. The fourth-order valence-electron chi connectivity index (χ4n) is 2.86. The lowest BCUT2D eigenvalue weighted by Gasteiger charge is -2.04. The van der Waals surface area contributed by atoms with E-state index in [0.717, 1.165) is 27.6 Å². The fraction of sp³-hybridized carbons (Fsp3) is 0.158. The van der Waals surface area contributed by atoms with Crippen molar-refractivity contribution in [3.05, 3.63) is 53.0 Å². The Hall–Kier alpha value is -3.26. The van der Waals surface area contributed by atoms with Gasteiger partial charge in [0.25, 0.3) is 5.91 Å². The number of hydrogen-bond acceptors (Lipinski definition) is 7. The summed E-state index contributed by atoms with van der Waals surface area (Å²) < 4.78 is 21.3.